The van der Waals surface area contributed by atoms with Gasteiger partial charge in [-0.15, -0.1) is 24.0 Å². The topological polar surface area (TPSA) is 54.9 Å². The number of hydrogen-bond acceptors (Lipinski definition) is 3. The highest BCUT2D eigenvalue weighted by atomic mass is 127. The molecule has 0 aliphatic rings. The second-order valence-corrected chi connectivity index (χ2v) is 5.44. The molecule has 0 amide bonds. The second kappa shape index (κ2) is 13.4. The molecule has 0 spiro atoms. The van der Waals surface area contributed by atoms with Crippen LogP contribution in [0.2, 0.25) is 0 Å². The van der Waals surface area contributed by atoms with Gasteiger partial charge in [0.2, 0.25) is 0 Å². The van der Waals surface area contributed by atoms with E-state index in [1.165, 1.54) is 0 Å². The third-order valence-corrected chi connectivity index (χ3v) is 2.91. The molecule has 1 aromatic rings. The van der Waals surface area contributed by atoms with E-state index in [4.69, 9.17) is 9.47 Å². The Morgan fingerprint density at radius 3 is 2.43 bits per heavy atom. The molecular formula is C17H30IN3O2. The molecule has 0 aromatic heterocycles. The van der Waals surface area contributed by atoms with Crippen molar-refractivity contribution >= 4 is 29.9 Å². The maximum atomic E-state index is 5.55. The molecule has 0 bridgehead atoms. The van der Waals surface area contributed by atoms with Gasteiger partial charge < -0.3 is 20.1 Å². The average molecular weight is 435 g/mol. The summed E-state index contributed by atoms with van der Waals surface area (Å²) < 4.78 is 10.7. The average Bonchev–Trinajstić information content (AvgIpc) is 2.52. The van der Waals surface area contributed by atoms with E-state index in [9.17, 15) is 0 Å². The monoisotopic (exact) mass is 435 g/mol. The third-order valence-electron chi connectivity index (χ3n) is 2.91. The van der Waals surface area contributed by atoms with Crippen LogP contribution in [-0.2, 0) is 11.3 Å². The molecule has 23 heavy (non-hydrogen) atoms. The number of hydrogen-bond donors (Lipinski definition) is 2. The van der Waals surface area contributed by atoms with Crippen molar-refractivity contribution < 1.29 is 9.47 Å². The minimum atomic E-state index is 0. The zero-order valence-corrected chi connectivity index (χ0v) is 16.9. The molecule has 132 valence electrons. The summed E-state index contributed by atoms with van der Waals surface area (Å²) in [6.07, 6.45) is 0. The van der Waals surface area contributed by atoms with E-state index in [0.717, 1.165) is 37.0 Å². The molecular weight excluding hydrogens is 405 g/mol. The summed E-state index contributed by atoms with van der Waals surface area (Å²) in [4.78, 5) is 4.57. The normalized spacial score (nSPS) is 11.1. The van der Waals surface area contributed by atoms with Gasteiger partial charge >= 0.3 is 0 Å². The Kier molecular flexibility index (Phi) is 12.8. The lowest BCUT2D eigenvalue weighted by atomic mass is 10.2. The van der Waals surface area contributed by atoms with Gasteiger partial charge in [0, 0.05) is 19.7 Å². The van der Waals surface area contributed by atoms with E-state index in [1.807, 2.05) is 24.3 Å². The number of methoxy groups -OCH3 is 1. The summed E-state index contributed by atoms with van der Waals surface area (Å²) in [6, 6.07) is 7.95. The van der Waals surface area contributed by atoms with Gasteiger partial charge in [0.1, 0.15) is 5.75 Å². The van der Waals surface area contributed by atoms with Crippen LogP contribution in [-0.4, -0.2) is 39.4 Å². The smallest absolute Gasteiger partial charge is 0.191 e. The summed E-state index contributed by atoms with van der Waals surface area (Å²) in [5.74, 6) is 2.24. The summed E-state index contributed by atoms with van der Waals surface area (Å²) in [5, 5.41) is 6.51. The van der Waals surface area contributed by atoms with Crippen molar-refractivity contribution in [2.24, 2.45) is 10.9 Å². The third kappa shape index (κ3) is 10.4. The molecule has 5 nitrogen and oxygen atoms in total. The Morgan fingerprint density at radius 1 is 1.17 bits per heavy atom. The van der Waals surface area contributed by atoms with Gasteiger partial charge in [-0.2, -0.15) is 0 Å². The van der Waals surface area contributed by atoms with Crippen LogP contribution in [0.1, 0.15) is 26.3 Å². The first-order valence-electron chi connectivity index (χ1n) is 7.88. The van der Waals surface area contributed by atoms with Crippen LogP contribution >= 0.6 is 24.0 Å². The highest BCUT2D eigenvalue weighted by Gasteiger charge is 1.99. The molecule has 2 N–H and O–H groups in total. The fraction of sp³-hybridized carbons (Fsp3) is 0.588. The number of benzene rings is 1. The first-order valence-corrected chi connectivity index (χ1v) is 7.88. The number of rotatable bonds is 9. The molecule has 0 unspecified atom stereocenters. The first kappa shape index (κ1) is 22.0. The number of nitrogens with one attached hydrogen (secondary N) is 2. The van der Waals surface area contributed by atoms with Crippen LogP contribution in [0.3, 0.4) is 0 Å². The van der Waals surface area contributed by atoms with Gasteiger partial charge in [-0.25, -0.2) is 4.99 Å². The van der Waals surface area contributed by atoms with Gasteiger partial charge in [-0.1, -0.05) is 26.0 Å². The molecule has 0 aliphatic heterocycles. The van der Waals surface area contributed by atoms with Gasteiger partial charge in [0.15, 0.2) is 5.96 Å². The van der Waals surface area contributed by atoms with Crippen molar-refractivity contribution in [3.05, 3.63) is 29.8 Å². The Bertz CT molecular complexity index is 436. The molecule has 1 rings (SSSR count). The van der Waals surface area contributed by atoms with Crippen LogP contribution in [0.15, 0.2) is 29.3 Å². The molecule has 0 fully saturated rings. The molecule has 0 atom stereocenters. The lowest BCUT2D eigenvalue weighted by molar-refractivity contribution is 0.114. The molecule has 0 aliphatic carbocycles. The van der Waals surface area contributed by atoms with Crippen molar-refractivity contribution in [3.63, 3.8) is 0 Å². The number of guanidine groups is 1. The van der Waals surface area contributed by atoms with Gasteiger partial charge in [-0.05, 0) is 30.5 Å². The van der Waals surface area contributed by atoms with Crippen molar-refractivity contribution in [3.8, 4) is 5.75 Å². The van der Waals surface area contributed by atoms with Crippen molar-refractivity contribution in [2.75, 3.05) is 33.4 Å². The van der Waals surface area contributed by atoms with Crippen molar-refractivity contribution in [2.45, 2.75) is 27.3 Å². The molecule has 0 radical (unpaired) electrons. The van der Waals surface area contributed by atoms with E-state index >= 15 is 0 Å². The molecule has 0 heterocycles. The quantitative estimate of drug-likeness (QED) is 0.271. The molecule has 0 saturated carbocycles. The predicted molar refractivity (Wildman–Crippen MR) is 107 cm³/mol. The largest absolute Gasteiger partial charge is 0.497 e. The predicted octanol–water partition coefficient (Wildman–Crippen LogP) is 3.04. The number of nitrogens with zero attached hydrogens (tertiary/aromatic N) is 1. The van der Waals surface area contributed by atoms with E-state index in [1.54, 1.807) is 7.11 Å². The number of aliphatic imine (C=N–C) groups is 1. The van der Waals surface area contributed by atoms with Crippen LogP contribution in [0.25, 0.3) is 0 Å². The van der Waals surface area contributed by atoms with Crippen LogP contribution in [0.4, 0.5) is 0 Å². The first-order chi connectivity index (χ1) is 10.7. The fourth-order valence-electron chi connectivity index (χ4n) is 1.80. The van der Waals surface area contributed by atoms with Crippen LogP contribution < -0.4 is 15.4 Å². The maximum Gasteiger partial charge on any atom is 0.191 e. The zero-order chi connectivity index (χ0) is 16.2. The number of ether oxygens (including phenoxy) is 2. The Morgan fingerprint density at radius 2 is 1.87 bits per heavy atom. The van der Waals surface area contributed by atoms with Crippen LogP contribution in [0.5, 0.6) is 5.75 Å². The lowest BCUT2D eigenvalue weighted by Gasteiger charge is -2.12. The minimum absolute atomic E-state index is 0. The van der Waals surface area contributed by atoms with Crippen LogP contribution in [0, 0.1) is 5.92 Å². The lowest BCUT2D eigenvalue weighted by Crippen LogP contribution is -2.39. The highest BCUT2D eigenvalue weighted by Crippen LogP contribution is 2.11. The molecule has 6 heteroatoms. The van der Waals surface area contributed by atoms with E-state index in [2.05, 4.69) is 36.4 Å². The Balaban J connectivity index is 0.00000484. The summed E-state index contributed by atoms with van der Waals surface area (Å²) in [5.41, 5.74) is 1.15. The SMILES string of the molecule is CCNC(=NCc1ccc(OC)cc1)NCCOCC(C)C.I. The fourth-order valence-corrected chi connectivity index (χ4v) is 1.80. The minimum Gasteiger partial charge on any atom is -0.497 e. The van der Waals surface area contributed by atoms with Crippen molar-refractivity contribution in [1.29, 1.82) is 0 Å². The summed E-state index contributed by atoms with van der Waals surface area (Å²) in [7, 11) is 1.67. The Hall–Kier alpha value is -1.02. The Labute approximate surface area is 157 Å². The molecule has 0 saturated heterocycles. The standard InChI is InChI=1S/C17H29N3O2.HI/c1-5-18-17(19-10-11-22-13-14(2)3)20-12-15-6-8-16(21-4)9-7-15;/h6-9,14H,5,10-13H2,1-4H3,(H2,18,19,20);1H. The van der Waals surface area contributed by atoms with Gasteiger partial charge in [-0.3, -0.25) is 0 Å². The highest BCUT2D eigenvalue weighted by molar-refractivity contribution is 14.0. The second-order valence-electron chi connectivity index (χ2n) is 5.44. The van der Waals surface area contributed by atoms with E-state index < -0.39 is 0 Å². The van der Waals surface area contributed by atoms with E-state index in [-0.39, 0.29) is 24.0 Å². The summed E-state index contributed by atoms with van der Waals surface area (Å²) >= 11 is 0. The maximum absolute atomic E-state index is 5.55. The molecule has 1 aromatic carbocycles. The van der Waals surface area contributed by atoms with Gasteiger partial charge in [0.25, 0.3) is 0 Å². The number of halogens is 1. The zero-order valence-electron chi connectivity index (χ0n) is 14.6. The van der Waals surface area contributed by atoms with Gasteiger partial charge in [0.05, 0.1) is 20.3 Å². The van der Waals surface area contributed by atoms with E-state index in [0.29, 0.717) is 19.1 Å². The summed E-state index contributed by atoms with van der Waals surface area (Å²) in [6.45, 7) is 10.0. The van der Waals surface area contributed by atoms with Crippen molar-refractivity contribution in [1.82, 2.24) is 10.6 Å².